The maximum atomic E-state index is 11.6. The van der Waals surface area contributed by atoms with Crippen LogP contribution in [0.15, 0.2) is 35.6 Å². The fourth-order valence-electron chi connectivity index (χ4n) is 2.36. The minimum absolute atomic E-state index is 0.151. The summed E-state index contributed by atoms with van der Waals surface area (Å²) in [5.41, 5.74) is 2.96. The lowest BCUT2D eigenvalue weighted by Crippen LogP contribution is -2.25. The van der Waals surface area contributed by atoms with Crippen LogP contribution in [0.4, 0.5) is 5.82 Å². The third-order valence-electron chi connectivity index (χ3n) is 3.42. The van der Waals surface area contributed by atoms with E-state index >= 15 is 0 Å². The molecule has 0 aliphatic carbocycles. The third-order valence-corrected chi connectivity index (χ3v) is 4.53. The third kappa shape index (κ3) is 2.84. The molecule has 0 saturated heterocycles. The van der Waals surface area contributed by atoms with E-state index in [0.29, 0.717) is 17.4 Å². The van der Waals surface area contributed by atoms with Gasteiger partial charge in [0.2, 0.25) is 15.0 Å². The van der Waals surface area contributed by atoms with Gasteiger partial charge in [-0.3, -0.25) is 0 Å². The molecule has 1 aliphatic heterocycles. The number of sulfone groups is 1. The summed E-state index contributed by atoms with van der Waals surface area (Å²) in [6.07, 6.45) is 4.63. The first-order valence-corrected chi connectivity index (χ1v) is 8.86. The molecule has 22 heavy (non-hydrogen) atoms. The van der Waals surface area contributed by atoms with E-state index in [0.717, 1.165) is 23.0 Å². The Morgan fingerprint density at radius 2 is 1.91 bits per heavy atom. The average Bonchev–Trinajstić information content (AvgIpc) is 2.46. The molecule has 0 atom stereocenters. The lowest BCUT2D eigenvalue weighted by molar-refractivity contribution is 0.592. The number of likely N-dealkylation sites (N-methyl/N-ethyl adjacent to an activating group) is 1. The van der Waals surface area contributed by atoms with Crippen LogP contribution in [0, 0.1) is 0 Å². The first kappa shape index (κ1) is 15.0. The van der Waals surface area contributed by atoms with Crippen LogP contribution in [0.3, 0.4) is 0 Å². The molecule has 0 radical (unpaired) electrons. The summed E-state index contributed by atoms with van der Waals surface area (Å²) < 4.78 is 23.1. The van der Waals surface area contributed by atoms with Crippen LogP contribution in [0.25, 0.3) is 11.6 Å². The van der Waals surface area contributed by atoms with Gasteiger partial charge in [0, 0.05) is 36.6 Å². The Kier molecular flexibility index (Phi) is 3.66. The molecule has 0 N–H and O–H groups in total. The van der Waals surface area contributed by atoms with Gasteiger partial charge in [0.05, 0.1) is 0 Å². The molecule has 1 aromatic heterocycles. The second-order valence-electron chi connectivity index (χ2n) is 5.24. The van der Waals surface area contributed by atoms with E-state index in [1.54, 1.807) is 6.20 Å². The molecular formula is C15H14ClN3O2S. The van der Waals surface area contributed by atoms with Crippen LogP contribution in [-0.4, -0.2) is 38.2 Å². The van der Waals surface area contributed by atoms with Gasteiger partial charge in [-0.2, -0.15) is 0 Å². The van der Waals surface area contributed by atoms with Gasteiger partial charge in [-0.1, -0.05) is 23.7 Å². The highest BCUT2D eigenvalue weighted by atomic mass is 35.5. The Hall–Kier alpha value is -1.92. The van der Waals surface area contributed by atoms with Crippen molar-refractivity contribution in [2.45, 2.75) is 5.16 Å². The Bertz CT molecular complexity index is 861. The highest BCUT2D eigenvalue weighted by Crippen LogP contribution is 2.30. The van der Waals surface area contributed by atoms with E-state index in [1.165, 1.54) is 0 Å². The standard InChI is InChI=1S/C15H14ClN3O2S/c1-19-9-12(10-3-5-13(16)6-4-10)7-11-8-17-15(18-14(11)19)22(2,20)21/h3-8H,9H2,1-2H3. The Labute approximate surface area is 134 Å². The van der Waals surface area contributed by atoms with Crippen molar-refractivity contribution < 1.29 is 8.42 Å². The summed E-state index contributed by atoms with van der Waals surface area (Å²) in [5.74, 6) is 0.619. The molecule has 2 aromatic rings. The van der Waals surface area contributed by atoms with Crippen molar-refractivity contribution in [1.82, 2.24) is 9.97 Å². The molecule has 0 saturated carbocycles. The molecule has 0 spiro atoms. The molecular weight excluding hydrogens is 322 g/mol. The summed E-state index contributed by atoms with van der Waals surface area (Å²) in [5, 5.41) is 0.538. The monoisotopic (exact) mass is 335 g/mol. The molecule has 1 aromatic carbocycles. The zero-order valence-electron chi connectivity index (χ0n) is 12.1. The molecule has 0 fully saturated rings. The summed E-state index contributed by atoms with van der Waals surface area (Å²) in [6.45, 7) is 0.634. The first-order chi connectivity index (χ1) is 10.3. The topological polar surface area (TPSA) is 63.2 Å². The average molecular weight is 336 g/mol. The normalized spacial score (nSPS) is 14.5. The zero-order chi connectivity index (χ0) is 15.9. The number of hydrogen-bond acceptors (Lipinski definition) is 5. The first-order valence-electron chi connectivity index (χ1n) is 6.59. The summed E-state index contributed by atoms with van der Waals surface area (Å²) in [6, 6.07) is 7.60. The van der Waals surface area contributed by atoms with Gasteiger partial charge in [0.15, 0.2) is 0 Å². The van der Waals surface area contributed by atoms with Gasteiger partial charge >= 0.3 is 0 Å². The molecule has 0 unspecified atom stereocenters. The van der Waals surface area contributed by atoms with Gasteiger partial charge in [-0.15, -0.1) is 0 Å². The van der Waals surface area contributed by atoms with Crippen molar-refractivity contribution in [1.29, 1.82) is 0 Å². The van der Waals surface area contributed by atoms with Crippen LogP contribution in [0.5, 0.6) is 0 Å². The van der Waals surface area contributed by atoms with Crippen molar-refractivity contribution in [2.24, 2.45) is 0 Å². The van der Waals surface area contributed by atoms with E-state index in [-0.39, 0.29) is 5.16 Å². The molecule has 114 valence electrons. The number of aromatic nitrogens is 2. The van der Waals surface area contributed by atoms with Crippen LogP contribution < -0.4 is 4.90 Å². The molecule has 3 rings (SSSR count). The van der Waals surface area contributed by atoms with Gasteiger partial charge in [0.25, 0.3) is 0 Å². The Morgan fingerprint density at radius 3 is 2.55 bits per heavy atom. The summed E-state index contributed by atoms with van der Waals surface area (Å²) in [4.78, 5) is 10.0. The minimum Gasteiger partial charge on any atom is -0.355 e. The highest BCUT2D eigenvalue weighted by molar-refractivity contribution is 7.90. The van der Waals surface area contributed by atoms with Crippen molar-refractivity contribution in [3.63, 3.8) is 0 Å². The van der Waals surface area contributed by atoms with E-state index < -0.39 is 9.84 Å². The molecule has 7 heteroatoms. The maximum Gasteiger partial charge on any atom is 0.248 e. The van der Waals surface area contributed by atoms with Crippen LogP contribution in [0.2, 0.25) is 5.02 Å². The van der Waals surface area contributed by atoms with E-state index in [4.69, 9.17) is 11.6 Å². The van der Waals surface area contributed by atoms with Gasteiger partial charge in [-0.25, -0.2) is 18.4 Å². The van der Waals surface area contributed by atoms with Gasteiger partial charge < -0.3 is 4.90 Å². The number of halogens is 1. The van der Waals surface area contributed by atoms with Crippen molar-refractivity contribution in [3.05, 3.63) is 46.6 Å². The van der Waals surface area contributed by atoms with E-state index in [9.17, 15) is 8.42 Å². The van der Waals surface area contributed by atoms with Gasteiger partial charge in [0.1, 0.15) is 5.82 Å². The summed E-state index contributed by atoms with van der Waals surface area (Å²) in [7, 11) is -1.54. The highest BCUT2D eigenvalue weighted by Gasteiger charge is 2.21. The Morgan fingerprint density at radius 1 is 1.23 bits per heavy atom. The fourth-order valence-corrected chi connectivity index (χ4v) is 2.98. The van der Waals surface area contributed by atoms with Crippen molar-refractivity contribution in [2.75, 3.05) is 24.7 Å². The molecule has 0 bridgehead atoms. The maximum absolute atomic E-state index is 11.6. The van der Waals surface area contributed by atoms with Crippen molar-refractivity contribution >= 4 is 38.9 Å². The number of hydrogen-bond donors (Lipinski definition) is 0. The molecule has 2 heterocycles. The minimum atomic E-state index is -3.41. The molecule has 1 aliphatic rings. The number of fused-ring (bicyclic) bond motifs is 1. The SMILES string of the molecule is CN1CC(c2ccc(Cl)cc2)=Cc2cnc(S(C)(=O)=O)nc21. The van der Waals surface area contributed by atoms with E-state index in [2.05, 4.69) is 9.97 Å². The fraction of sp³-hybridized carbons (Fsp3) is 0.200. The number of benzene rings is 1. The smallest absolute Gasteiger partial charge is 0.248 e. The quantitative estimate of drug-likeness (QED) is 0.789. The predicted octanol–water partition coefficient (Wildman–Crippen LogP) is 2.52. The van der Waals surface area contributed by atoms with Crippen LogP contribution in [0.1, 0.15) is 11.1 Å². The van der Waals surface area contributed by atoms with E-state index in [1.807, 2.05) is 42.3 Å². The molecule has 0 amide bonds. The van der Waals surface area contributed by atoms with Gasteiger partial charge in [-0.05, 0) is 29.3 Å². The predicted molar refractivity (Wildman–Crippen MR) is 87.7 cm³/mol. The number of rotatable bonds is 2. The zero-order valence-corrected chi connectivity index (χ0v) is 13.7. The van der Waals surface area contributed by atoms with Crippen LogP contribution >= 0.6 is 11.6 Å². The van der Waals surface area contributed by atoms with Crippen LogP contribution in [-0.2, 0) is 9.84 Å². The summed E-state index contributed by atoms with van der Waals surface area (Å²) >= 11 is 5.91. The lowest BCUT2D eigenvalue weighted by Gasteiger charge is -2.26. The lowest BCUT2D eigenvalue weighted by atomic mass is 10.0. The largest absolute Gasteiger partial charge is 0.355 e. The second kappa shape index (κ2) is 5.37. The Balaban J connectivity index is 2.06. The molecule has 5 nitrogen and oxygen atoms in total. The second-order valence-corrected chi connectivity index (χ2v) is 7.58. The van der Waals surface area contributed by atoms with Crippen molar-refractivity contribution in [3.8, 4) is 0 Å². The number of anilines is 1. The number of nitrogens with zero attached hydrogens (tertiary/aromatic N) is 3.